The van der Waals surface area contributed by atoms with Gasteiger partial charge >= 0.3 is 11.9 Å². The summed E-state index contributed by atoms with van der Waals surface area (Å²) < 4.78 is 0. The average molecular weight is 236 g/mol. The minimum absolute atomic E-state index is 0.0160. The lowest BCUT2D eigenvalue weighted by atomic mass is 9.92. The molecule has 4 nitrogen and oxygen atoms in total. The van der Waals surface area contributed by atoms with Gasteiger partial charge in [-0.25, -0.2) is 0 Å². The fourth-order valence-electron chi connectivity index (χ4n) is 1.80. The maximum atomic E-state index is 10.7. The van der Waals surface area contributed by atoms with Gasteiger partial charge in [0.2, 0.25) is 0 Å². The number of rotatable bonds is 7. The lowest BCUT2D eigenvalue weighted by Gasteiger charge is -2.13. The van der Waals surface area contributed by atoms with Gasteiger partial charge in [-0.3, -0.25) is 9.59 Å². The van der Waals surface area contributed by atoms with Crippen molar-refractivity contribution in [2.75, 3.05) is 0 Å². The van der Waals surface area contributed by atoms with E-state index in [1.165, 1.54) is 0 Å². The Morgan fingerprint density at radius 1 is 1.06 bits per heavy atom. The van der Waals surface area contributed by atoms with Crippen molar-refractivity contribution in [2.24, 2.45) is 5.92 Å². The van der Waals surface area contributed by atoms with Gasteiger partial charge in [0, 0.05) is 12.8 Å². The minimum Gasteiger partial charge on any atom is -0.481 e. The Hall–Kier alpha value is -1.84. The summed E-state index contributed by atoms with van der Waals surface area (Å²) in [6, 6.07) is 9.53. The van der Waals surface area contributed by atoms with Crippen LogP contribution in [0.2, 0.25) is 0 Å². The van der Waals surface area contributed by atoms with Gasteiger partial charge in [0.15, 0.2) is 0 Å². The Kier molecular flexibility index (Phi) is 5.20. The molecule has 0 amide bonds. The van der Waals surface area contributed by atoms with Crippen molar-refractivity contribution < 1.29 is 19.8 Å². The van der Waals surface area contributed by atoms with E-state index in [1.807, 2.05) is 30.3 Å². The second kappa shape index (κ2) is 6.68. The summed E-state index contributed by atoms with van der Waals surface area (Å²) >= 11 is 0. The quantitative estimate of drug-likeness (QED) is 0.761. The van der Waals surface area contributed by atoms with E-state index < -0.39 is 11.9 Å². The zero-order valence-corrected chi connectivity index (χ0v) is 9.50. The van der Waals surface area contributed by atoms with E-state index in [2.05, 4.69) is 0 Å². The van der Waals surface area contributed by atoms with Gasteiger partial charge in [-0.05, 0) is 24.3 Å². The molecule has 0 aromatic heterocycles. The molecule has 1 unspecified atom stereocenters. The van der Waals surface area contributed by atoms with E-state index in [-0.39, 0.29) is 18.8 Å². The van der Waals surface area contributed by atoms with Gasteiger partial charge in [-0.2, -0.15) is 0 Å². The molecule has 0 aliphatic carbocycles. The molecule has 1 aromatic carbocycles. The molecule has 0 aliphatic rings. The predicted octanol–water partition coefficient (Wildman–Crippen LogP) is 2.18. The summed E-state index contributed by atoms with van der Waals surface area (Å²) in [4.78, 5) is 21.2. The van der Waals surface area contributed by atoms with Crippen LogP contribution in [0.1, 0.15) is 24.8 Å². The molecule has 1 aromatic rings. The SMILES string of the molecule is O=C(O)CCC(CC(=O)O)Cc1ccccc1. The van der Waals surface area contributed by atoms with Gasteiger partial charge in [0.05, 0.1) is 0 Å². The first kappa shape index (κ1) is 13.2. The summed E-state index contributed by atoms with van der Waals surface area (Å²) in [5.74, 6) is -1.88. The van der Waals surface area contributed by atoms with Crippen LogP contribution in [0, 0.1) is 5.92 Å². The van der Waals surface area contributed by atoms with E-state index in [4.69, 9.17) is 10.2 Å². The molecule has 0 radical (unpaired) electrons. The van der Waals surface area contributed by atoms with Crippen molar-refractivity contribution >= 4 is 11.9 Å². The molecule has 2 N–H and O–H groups in total. The number of carbonyl (C=O) groups is 2. The second-order valence-corrected chi connectivity index (χ2v) is 4.09. The number of hydrogen-bond acceptors (Lipinski definition) is 2. The van der Waals surface area contributed by atoms with Gasteiger partial charge in [-0.15, -0.1) is 0 Å². The Bertz CT molecular complexity index is 372. The molecule has 0 spiro atoms. The van der Waals surface area contributed by atoms with Crippen LogP contribution in [0.5, 0.6) is 0 Å². The molecule has 0 heterocycles. The van der Waals surface area contributed by atoms with Crippen LogP contribution < -0.4 is 0 Å². The summed E-state index contributed by atoms with van der Waals surface area (Å²) in [6.45, 7) is 0. The second-order valence-electron chi connectivity index (χ2n) is 4.09. The van der Waals surface area contributed by atoms with Gasteiger partial charge in [-0.1, -0.05) is 30.3 Å². The number of aliphatic carboxylic acids is 2. The third kappa shape index (κ3) is 5.70. The van der Waals surface area contributed by atoms with Crippen LogP contribution >= 0.6 is 0 Å². The average Bonchev–Trinajstić information content (AvgIpc) is 2.26. The Morgan fingerprint density at radius 2 is 1.71 bits per heavy atom. The lowest BCUT2D eigenvalue weighted by Crippen LogP contribution is -2.12. The molecule has 92 valence electrons. The topological polar surface area (TPSA) is 74.6 Å². The molecule has 0 fully saturated rings. The van der Waals surface area contributed by atoms with E-state index >= 15 is 0 Å². The number of hydrogen-bond donors (Lipinski definition) is 2. The van der Waals surface area contributed by atoms with E-state index in [1.54, 1.807) is 0 Å². The minimum atomic E-state index is -0.881. The maximum absolute atomic E-state index is 10.7. The molecule has 1 rings (SSSR count). The third-order valence-corrected chi connectivity index (χ3v) is 2.60. The highest BCUT2D eigenvalue weighted by molar-refractivity contribution is 5.68. The zero-order chi connectivity index (χ0) is 12.7. The summed E-state index contributed by atoms with van der Waals surface area (Å²) in [5.41, 5.74) is 1.05. The van der Waals surface area contributed by atoms with Crippen LogP contribution in [0.15, 0.2) is 30.3 Å². The largest absolute Gasteiger partial charge is 0.481 e. The molecule has 17 heavy (non-hydrogen) atoms. The molecule has 4 heteroatoms. The van der Waals surface area contributed by atoms with Crippen molar-refractivity contribution in [3.8, 4) is 0 Å². The molecule has 0 bridgehead atoms. The van der Waals surface area contributed by atoms with Crippen molar-refractivity contribution in [3.05, 3.63) is 35.9 Å². The smallest absolute Gasteiger partial charge is 0.303 e. The van der Waals surface area contributed by atoms with Crippen LogP contribution in [0.4, 0.5) is 0 Å². The number of benzene rings is 1. The van der Waals surface area contributed by atoms with Crippen molar-refractivity contribution in [1.29, 1.82) is 0 Å². The highest BCUT2D eigenvalue weighted by Crippen LogP contribution is 2.17. The standard InChI is InChI=1S/C13H16O4/c14-12(15)7-6-11(9-13(16)17)8-10-4-2-1-3-5-10/h1-5,11H,6-9H2,(H,14,15)(H,16,17). The maximum Gasteiger partial charge on any atom is 0.303 e. The highest BCUT2D eigenvalue weighted by Gasteiger charge is 2.15. The molecule has 1 atom stereocenters. The van der Waals surface area contributed by atoms with Crippen LogP contribution in [-0.4, -0.2) is 22.2 Å². The van der Waals surface area contributed by atoms with Gasteiger partial charge < -0.3 is 10.2 Å². The van der Waals surface area contributed by atoms with Gasteiger partial charge in [0.25, 0.3) is 0 Å². The van der Waals surface area contributed by atoms with E-state index in [9.17, 15) is 9.59 Å². The van der Waals surface area contributed by atoms with Crippen molar-refractivity contribution in [1.82, 2.24) is 0 Å². The fourth-order valence-corrected chi connectivity index (χ4v) is 1.80. The first-order valence-electron chi connectivity index (χ1n) is 5.55. The van der Waals surface area contributed by atoms with E-state index in [0.29, 0.717) is 12.8 Å². The first-order chi connectivity index (χ1) is 8.08. The molecule has 0 saturated heterocycles. The monoisotopic (exact) mass is 236 g/mol. The molecular weight excluding hydrogens is 220 g/mol. The first-order valence-corrected chi connectivity index (χ1v) is 5.55. The molecular formula is C13H16O4. The Morgan fingerprint density at radius 3 is 2.24 bits per heavy atom. The number of carboxylic acid groups (broad SMARTS) is 2. The van der Waals surface area contributed by atoms with Crippen LogP contribution in [0.25, 0.3) is 0 Å². The van der Waals surface area contributed by atoms with Gasteiger partial charge in [0.1, 0.15) is 0 Å². The Balaban J connectivity index is 2.56. The predicted molar refractivity (Wildman–Crippen MR) is 62.8 cm³/mol. The summed E-state index contributed by atoms with van der Waals surface area (Å²) in [6.07, 6.45) is 1.05. The van der Waals surface area contributed by atoms with Crippen LogP contribution in [0.3, 0.4) is 0 Å². The van der Waals surface area contributed by atoms with E-state index in [0.717, 1.165) is 5.56 Å². The van der Waals surface area contributed by atoms with Crippen molar-refractivity contribution in [2.45, 2.75) is 25.7 Å². The Labute approximate surface area is 99.9 Å². The third-order valence-electron chi connectivity index (χ3n) is 2.60. The summed E-state index contributed by atoms with van der Waals surface area (Å²) in [5, 5.41) is 17.4. The number of carboxylic acids is 2. The zero-order valence-electron chi connectivity index (χ0n) is 9.50. The molecule has 0 aliphatic heterocycles. The molecule has 0 saturated carbocycles. The van der Waals surface area contributed by atoms with Crippen LogP contribution in [-0.2, 0) is 16.0 Å². The van der Waals surface area contributed by atoms with Crippen molar-refractivity contribution in [3.63, 3.8) is 0 Å². The normalized spacial score (nSPS) is 12.0. The lowest BCUT2D eigenvalue weighted by molar-refractivity contribution is -0.140. The summed E-state index contributed by atoms with van der Waals surface area (Å²) in [7, 11) is 0. The fraction of sp³-hybridized carbons (Fsp3) is 0.385. The highest BCUT2D eigenvalue weighted by atomic mass is 16.4.